The number of halogens is 5. The van der Waals surface area contributed by atoms with Crippen LogP contribution in [0.25, 0.3) is 22.5 Å². The molecule has 2 aliphatic heterocycles. The second kappa shape index (κ2) is 21.6. The number of pyridine rings is 1. The van der Waals surface area contributed by atoms with E-state index in [0.717, 1.165) is 76.3 Å². The Morgan fingerprint density at radius 2 is 1.32 bits per heavy atom. The largest absolute Gasteiger partial charge is 0.465 e. The normalized spacial score (nSPS) is 12.4. The summed E-state index contributed by atoms with van der Waals surface area (Å²) in [7, 11) is 7.70. The third-order valence-corrected chi connectivity index (χ3v) is 10.5. The van der Waals surface area contributed by atoms with E-state index in [1.807, 2.05) is 38.1 Å². The fourth-order valence-corrected chi connectivity index (χ4v) is 7.01. The number of anilines is 1. The van der Waals surface area contributed by atoms with Gasteiger partial charge in [0.05, 0.1) is 42.3 Å². The van der Waals surface area contributed by atoms with Crippen molar-refractivity contribution in [1.29, 1.82) is 0 Å². The van der Waals surface area contributed by atoms with E-state index in [4.69, 9.17) is 12.5 Å². The molecule has 9 nitrogen and oxygen atoms in total. The number of hydrogen-bond donors (Lipinski definition) is 3. The predicted octanol–water partition coefficient (Wildman–Crippen LogP) is 8.23. The molecule has 0 amide bonds. The maximum absolute atomic E-state index is 14.1. The van der Waals surface area contributed by atoms with Gasteiger partial charge in [-0.3, -0.25) is 0 Å². The molecule has 60 heavy (non-hydrogen) atoms. The van der Waals surface area contributed by atoms with Gasteiger partial charge >= 0.3 is 11.9 Å². The molecule has 3 N–H and O–H groups in total. The third kappa shape index (κ3) is 11.0. The Bertz CT molecular complexity index is 2380. The minimum absolute atomic E-state index is 0. The quantitative estimate of drug-likeness (QED) is 0.0909. The van der Waals surface area contributed by atoms with Crippen LogP contribution in [0.1, 0.15) is 61.9 Å². The first-order chi connectivity index (χ1) is 28.4. The average Bonchev–Trinajstić information content (AvgIpc) is 3.86. The summed E-state index contributed by atoms with van der Waals surface area (Å²) in [5, 5.41) is 3.23. The highest BCUT2D eigenvalue weighted by Gasteiger charge is 2.23. The number of carbonyl (C=O) groups excluding carboxylic acids is 2. The number of nitrogens with one attached hydrogen (secondary N) is 3. The molecule has 0 spiro atoms. The van der Waals surface area contributed by atoms with Gasteiger partial charge in [0.25, 0.3) is 0 Å². The van der Waals surface area contributed by atoms with Crippen LogP contribution in [0, 0.1) is 37.1 Å². The first kappa shape index (κ1) is 47.1. The molecule has 0 atom stereocenters. The summed E-state index contributed by atoms with van der Waals surface area (Å²) in [5.41, 5.74) is 8.97. The number of benzene rings is 3. The van der Waals surface area contributed by atoms with Crippen LogP contribution < -0.4 is 10.2 Å². The number of fused-ring (bicyclic) bond motifs is 2. The van der Waals surface area contributed by atoms with E-state index in [-0.39, 0.29) is 32.3 Å². The number of rotatable bonds is 5. The molecule has 3 aromatic heterocycles. The highest BCUT2D eigenvalue weighted by atomic mass is 79.9. The third-order valence-electron chi connectivity index (χ3n) is 9.71. The standard InChI is InChI=1S/C22H20F2N2O2.C13H12F2N2.C8H8BrNO2.CH4.B2H3/c1-13-10-14(22(27)28-2)6-7-20(13)26-9-8-18-15(12-26)11-19(25-18)21-16(23)4-3-5-17(21)24;14-9-2-1-3-10(15)13(9)12-6-8-7-16-5-4-11(8)17-12;1-5-3-7(8(11)12-2)10-4-6(5)9;;1-2/h3-7,10-11,25H,8-9,12H2,1-2H3;1-3,6,16-17H,4-5,7H2;3-4H,1-2H3;1H4;1H3/q;;;;-1. The number of H-pyrrole nitrogens is 2. The molecular formula is C44H47B2BrF4N5O4-. The zero-order valence-corrected chi connectivity index (χ0v) is 33.8. The van der Waals surface area contributed by atoms with Crippen molar-refractivity contribution in [3.63, 3.8) is 0 Å². The summed E-state index contributed by atoms with van der Waals surface area (Å²) >= 11 is 3.29. The molecule has 5 heterocycles. The van der Waals surface area contributed by atoms with Gasteiger partial charge in [-0.2, -0.15) is 7.74 Å². The zero-order valence-electron chi connectivity index (χ0n) is 32.2. The van der Waals surface area contributed by atoms with Crippen molar-refractivity contribution in [2.75, 3.05) is 32.2 Å². The lowest BCUT2D eigenvalue weighted by atomic mass is 9.81. The van der Waals surface area contributed by atoms with Gasteiger partial charge in [-0.25, -0.2) is 32.1 Å². The number of aromatic amines is 2. The molecule has 0 saturated carbocycles. The van der Waals surface area contributed by atoms with Crippen LogP contribution in [0.3, 0.4) is 0 Å². The molecule has 0 unspecified atom stereocenters. The van der Waals surface area contributed by atoms with Gasteiger partial charge in [-0.05, 0) is 113 Å². The molecule has 6 aromatic rings. The first-order valence-electron chi connectivity index (χ1n) is 18.0. The topological polar surface area (TPSA) is 112 Å². The molecule has 0 aliphatic carbocycles. The summed E-state index contributed by atoms with van der Waals surface area (Å²) in [6.07, 6.45) is 3.19. The minimum Gasteiger partial charge on any atom is -0.465 e. The van der Waals surface area contributed by atoms with Gasteiger partial charge in [-0.15, -0.1) is 0 Å². The fraction of sp³-hybridized carbons (Fsp3) is 0.250. The van der Waals surface area contributed by atoms with Crippen LogP contribution in [-0.4, -0.2) is 69.7 Å². The number of aryl methyl sites for hydroxylation is 2. The highest BCUT2D eigenvalue weighted by Crippen LogP contribution is 2.33. The molecule has 2 radical (unpaired) electrons. The van der Waals surface area contributed by atoms with Gasteiger partial charge in [0.2, 0.25) is 0 Å². The Kier molecular flexibility index (Phi) is 16.9. The van der Waals surface area contributed by atoms with Crippen LogP contribution in [0.15, 0.2) is 83.5 Å². The number of methoxy groups -OCH3 is 2. The fourth-order valence-electron chi connectivity index (χ4n) is 6.79. The molecule has 2 aliphatic rings. The van der Waals surface area contributed by atoms with Crippen LogP contribution in [0.2, 0.25) is 0 Å². The van der Waals surface area contributed by atoms with Gasteiger partial charge in [0, 0.05) is 66.8 Å². The molecule has 314 valence electrons. The second-order valence-electron chi connectivity index (χ2n) is 13.5. The van der Waals surface area contributed by atoms with Crippen LogP contribution in [-0.2, 0) is 35.4 Å². The summed E-state index contributed by atoms with van der Waals surface area (Å²) in [6.45, 7) is 6.88. The van der Waals surface area contributed by atoms with E-state index in [2.05, 4.69) is 45.8 Å². The van der Waals surface area contributed by atoms with Gasteiger partial charge in [-0.1, -0.05) is 27.3 Å². The molecule has 0 fully saturated rings. The maximum atomic E-state index is 14.1. The lowest BCUT2D eigenvalue weighted by Gasteiger charge is -2.30. The molecule has 0 bridgehead atoms. The lowest BCUT2D eigenvalue weighted by molar-refractivity contribution is 0.0588. The lowest BCUT2D eigenvalue weighted by Crippen LogP contribution is -2.30. The van der Waals surface area contributed by atoms with Crippen molar-refractivity contribution >= 4 is 49.0 Å². The van der Waals surface area contributed by atoms with E-state index in [1.165, 1.54) is 50.6 Å². The number of nitrogens with zero attached hydrogens (tertiary/aromatic N) is 2. The van der Waals surface area contributed by atoms with Gasteiger partial charge in [0.15, 0.2) is 0 Å². The van der Waals surface area contributed by atoms with Crippen molar-refractivity contribution in [1.82, 2.24) is 20.3 Å². The van der Waals surface area contributed by atoms with Crippen molar-refractivity contribution in [3.05, 3.63) is 152 Å². The van der Waals surface area contributed by atoms with E-state index < -0.39 is 29.2 Å². The Morgan fingerprint density at radius 1 is 0.767 bits per heavy atom. The Balaban J connectivity index is 0.000000211. The Labute approximate surface area is 358 Å². The van der Waals surface area contributed by atoms with Crippen LogP contribution in [0.4, 0.5) is 23.2 Å². The molecule has 3 aromatic carbocycles. The van der Waals surface area contributed by atoms with Crippen LogP contribution >= 0.6 is 15.9 Å². The van der Waals surface area contributed by atoms with E-state index >= 15 is 0 Å². The SMILES string of the molecule is C.COC(=O)c1cc(C)c(Br)cn1.COC(=O)c1ccc(N2CCc3[nH]c(-c4c(F)cccc4F)cc3C2)c(C)c1.Fc1cccc(F)c1-c1cc2c([nH]1)CCNC2.[B][BH3-]. The zero-order chi connectivity index (χ0) is 42.8. The molecule has 8 rings (SSSR count). The monoisotopic (exact) mass is 886 g/mol. The summed E-state index contributed by atoms with van der Waals surface area (Å²) in [6, 6.07) is 18.6. The highest BCUT2D eigenvalue weighted by molar-refractivity contribution is 9.10. The Hall–Kier alpha value is -5.60. The first-order valence-corrected chi connectivity index (χ1v) is 18.8. The molecular weight excluding hydrogens is 840 g/mol. The van der Waals surface area contributed by atoms with E-state index in [0.29, 0.717) is 29.2 Å². The smallest absolute Gasteiger partial charge is 0.356 e. The van der Waals surface area contributed by atoms with Crippen molar-refractivity contribution in [2.24, 2.45) is 0 Å². The molecule has 0 saturated heterocycles. The molecule has 16 heteroatoms. The van der Waals surface area contributed by atoms with Crippen molar-refractivity contribution in [3.8, 4) is 22.5 Å². The van der Waals surface area contributed by atoms with Crippen molar-refractivity contribution in [2.45, 2.75) is 47.2 Å². The van der Waals surface area contributed by atoms with Gasteiger partial charge in [0.1, 0.15) is 29.0 Å². The second-order valence-corrected chi connectivity index (χ2v) is 14.3. The number of ether oxygens (including phenoxy) is 2. The predicted molar refractivity (Wildman–Crippen MR) is 235 cm³/mol. The Morgan fingerprint density at radius 3 is 1.83 bits per heavy atom. The summed E-state index contributed by atoms with van der Waals surface area (Å²) in [4.78, 5) is 35.1. The van der Waals surface area contributed by atoms with E-state index in [9.17, 15) is 27.2 Å². The summed E-state index contributed by atoms with van der Waals surface area (Å²) in [5.74, 6) is -2.99. The van der Waals surface area contributed by atoms with Crippen LogP contribution in [0.5, 0.6) is 0 Å². The maximum Gasteiger partial charge on any atom is 0.356 e. The summed E-state index contributed by atoms with van der Waals surface area (Å²) < 4.78 is 65.7. The van der Waals surface area contributed by atoms with Crippen molar-refractivity contribution < 1.29 is 36.6 Å². The number of aromatic nitrogens is 3. The minimum atomic E-state index is -0.579. The number of carbonyl (C=O) groups is 2. The van der Waals surface area contributed by atoms with Gasteiger partial charge < -0.3 is 29.7 Å². The average molecular weight is 887 g/mol. The number of hydrogen-bond acceptors (Lipinski definition) is 7. The van der Waals surface area contributed by atoms with E-state index in [1.54, 1.807) is 18.3 Å². The number of esters is 2.